The Bertz CT molecular complexity index is 631. The summed E-state index contributed by atoms with van der Waals surface area (Å²) in [5, 5.41) is 0. The predicted octanol–water partition coefficient (Wildman–Crippen LogP) is 8.70. The summed E-state index contributed by atoms with van der Waals surface area (Å²) in [7, 11) is 0. The van der Waals surface area contributed by atoms with Crippen LogP contribution in [0.4, 0.5) is 11.4 Å². The third kappa shape index (κ3) is 2.48. The zero-order valence-corrected chi connectivity index (χ0v) is 17.2. The quantitative estimate of drug-likeness (QED) is 0.417. The van der Waals surface area contributed by atoms with Crippen molar-refractivity contribution in [2.75, 3.05) is 8.88 Å². The first-order chi connectivity index (χ1) is 10.0. The van der Waals surface area contributed by atoms with E-state index in [2.05, 4.69) is 0 Å². The van der Waals surface area contributed by atoms with Gasteiger partial charge in [0.25, 0.3) is 0 Å². The minimum atomic E-state index is -4.14. The van der Waals surface area contributed by atoms with E-state index in [1.807, 2.05) is 12.1 Å². The molecule has 0 N–H and O–H groups in total. The Balaban J connectivity index is 2.20. The minimum absolute atomic E-state index is 0.574. The molecule has 0 aromatic heterocycles. The summed E-state index contributed by atoms with van der Waals surface area (Å²) in [5.74, 6) is 0. The monoisotopic (exact) mass is 454 g/mol. The molecule has 10 heteroatoms. The van der Waals surface area contributed by atoms with E-state index < -0.39 is 9.93 Å². The van der Waals surface area contributed by atoms with Gasteiger partial charge in [-0.25, -0.2) is 0 Å². The predicted molar refractivity (Wildman–Crippen MR) is 107 cm³/mol. The average Bonchev–Trinajstić information content (AvgIpc) is 2.37. The number of rotatable bonds is 2. The fraction of sp³-hybridized carbons (Fsp3) is 0. The van der Waals surface area contributed by atoms with E-state index in [1.165, 1.54) is 8.88 Å². The molecule has 2 aromatic rings. The van der Waals surface area contributed by atoms with Crippen molar-refractivity contribution in [1.82, 2.24) is 0 Å². The van der Waals surface area contributed by atoms with Crippen LogP contribution in [-0.4, -0.2) is 0 Å². The maximum absolute atomic E-state index is 6.63. The Morgan fingerprint density at radius 1 is 0.500 bits per heavy atom. The second-order valence-electron chi connectivity index (χ2n) is 4.72. The van der Waals surface area contributed by atoms with Crippen molar-refractivity contribution in [2.24, 2.45) is 0 Å². The summed E-state index contributed by atoms with van der Waals surface area (Å²) in [6, 6.07) is 17.9. The molecule has 2 aromatic carbocycles. The van der Waals surface area contributed by atoms with Crippen molar-refractivity contribution in [2.45, 2.75) is 0 Å². The second kappa shape index (κ2) is 5.07. The fourth-order valence-electron chi connectivity index (χ4n) is 2.43. The zero-order chi connectivity index (χ0) is 16.3. The van der Waals surface area contributed by atoms with E-state index in [-0.39, 0.29) is 0 Å². The number of anilines is 2. The van der Waals surface area contributed by atoms with Gasteiger partial charge in [0.1, 0.15) is 0 Å². The molecule has 2 nitrogen and oxygen atoms in total. The summed E-state index contributed by atoms with van der Waals surface area (Å²) in [4.78, 5) is -8.28. The van der Waals surface area contributed by atoms with Crippen molar-refractivity contribution in [3.8, 4) is 0 Å². The van der Waals surface area contributed by atoms with E-state index in [1.54, 1.807) is 48.5 Å². The summed E-state index contributed by atoms with van der Waals surface area (Å²) >= 11 is 39.8. The average molecular weight is 457 g/mol. The molecule has 22 heavy (non-hydrogen) atoms. The normalized spacial score (nSPS) is 27.5. The molecule has 1 aliphatic heterocycles. The van der Waals surface area contributed by atoms with Gasteiger partial charge in [-0.3, -0.25) is 0 Å². The first-order valence-electron chi connectivity index (χ1n) is 6.08. The third-order valence-corrected chi connectivity index (χ3v) is 19.9. The number of nitrogens with zero attached hydrogens (tertiary/aromatic N) is 2. The van der Waals surface area contributed by atoms with Crippen LogP contribution in [0.5, 0.6) is 0 Å². The van der Waals surface area contributed by atoms with E-state index >= 15 is 0 Å². The van der Waals surface area contributed by atoms with Crippen LogP contribution in [0.25, 0.3) is 0 Å². The Labute approximate surface area is 157 Å². The Kier molecular flexibility index (Phi) is 4.02. The van der Waals surface area contributed by atoms with Gasteiger partial charge in [0.15, 0.2) is 0 Å². The molecule has 1 saturated heterocycles. The third-order valence-electron chi connectivity index (χ3n) is 3.17. The van der Waals surface area contributed by atoms with Crippen LogP contribution in [0.15, 0.2) is 60.7 Å². The Hall–Kier alpha value is 0.640. The molecular formula is C12H10Cl6N2P2. The zero-order valence-electron chi connectivity index (χ0n) is 10.8. The standard InChI is InChI=1S/C12H10Cl6N2P2/c13-21(14,15)19(11-7-3-1-4-8-11)22(16,17,18)20(21)12-9-5-2-6-10-12/h1-10H. The van der Waals surface area contributed by atoms with Gasteiger partial charge in [-0.05, 0) is 0 Å². The molecule has 1 heterocycles. The van der Waals surface area contributed by atoms with Crippen LogP contribution in [0.2, 0.25) is 0 Å². The van der Waals surface area contributed by atoms with Gasteiger partial charge in [-0.15, -0.1) is 0 Å². The fourth-order valence-corrected chi connectivity index (χ4v) is 31.7. The van der Waals surface area contributed by atoms with Gasteiger partial charge < -0.3 is 0 Å². The van der Waals surface area contributed by atoms with E-state index in [0.717, 1.165) is 0 Å². The number of halogens is 6. The van der Waals surface area contributed by atoms with Crippen LogP contribution in [-0.2, 0) is 0 Å². The summed E-state index contributed by atoms with van der Waals surface area (Å²) in [6.07, 6.45) is 0. The molecule has 0 spiro atoms. The van der Waals surface area contributed by atoms with Crippen LogP contribution in [0, 0.1) is 0 Å². The number of hydrogen-bond acceptors (Lipinski definition) is 2. The van der Waals surface area contributed by atoms with Gasteiger partial charge in [0, 0.05) is 0 Å². The van der Waals surface area contributed by atoms with Gasteiger partial charge in [0.05, 0.1) is 0 Å². The van der Waals surface area contributed by atoms with Crippen LogP contribution in [0.1, 0.15) is 0 Å². The number of para-hydroxylation sites is 2. The number of benzene rings is 2. The van der Waals surface area contributed by atoms with Crippen molar-refractivity contribution in [3.63, 3.8) is 0 Å². The van der Waals surface area contributed by atoms with Crippen LogP contribution < -0.4 is 8.88 Å². The first-order valence-corrected chi connectivity index (χ1v) is 15.8. The van der Waals surface area contributed by atoms with Crippen molar-refractivity contribution < 1.29 is 0 Å². The van der Waals surface area contributed by atoms with Gasteiger partial charge in [-0.2, -0.15) is 0 Å². The molecule has 1 fully saturated rings. The molecule has 0 radical (unpaired) electrons. The van der Waals surface area contributed by atoms with Gasteiger partial charge in [0.2, 0.25) is 0 Å². The summed E-state index contributed by atoms with van der Waals surface area (Å²) < 4.78 is 2.75. The molecule has 3 rings (SSSR count). The van der Waals surface area contributed by atoms with E-state index in [4.69, 9.17) is 67.4 Å². The number of hydrogen-bond donors (Lipinski definition) is 0. The first kappa shape index (κ1) is 17.5. The SMILES string of the molecule is ClP1(Cl)(Cl)N(c2ccccc2)P(Cl)(Cl)(Cl)N1c1ccccc1. The van der Waals surface area contributed by atoms with Crippen LogP contribution >= 0.6 is 77.4 Å². The molecule has 1 aliphatic rings. The molecular weight excluding hydrogens is 447 g/mol. The molecule has 120 valence electrons. The van der Waals surface area contributed by atoms with Crippen molar-refractivity contribution in [3.05, 3.63) is 60.7 Å². The maximum atomic E-state index is 6.63. The topological polar surface area (TPSA) is 6.48 Å². The van der Waals surface area contributed by atoms with Crippen molar-refractivity contribution in [1.29, 1.82) is 0 Å². The molecule has 0 aliphatic carbocycles. The Morgan fingerprint density at radius 2 is 0.773 bits per heavy atom. The van der Waals surface area contributed by atoms with Gasteiger partial charge in [-0.1, -0.05) is 0 Å². The van der Waals surface area contributed by atoms with E-state index in [0.29, 0.717) is 11.4 Å². The molecule has 0 bridgehead atoms. The molecule has 0 saturated carbocycles. The molecule has 0 unspecified atom stereocenters. The second-order valence-corrected chi connectivity index (χ2v) is 24.5. The molecule has 0 atom stereocenters. The summed E-state index contributed by atoms with van der Waals surface area (Å²) in [6.45, 7) is 0. The van der Waals surface area contributed by atoms with Crippen LogP contribution in [0.3, 0.4) is 0 Å². The Morgan fingerprint density at radius 3 is 1.05 bits per heavy atom. The summed E-state index contributed by atoms with van der Waals surface area (Å²) in [5.41, 5.74) is 1.15. The van der Waals surface area contributed by atoms with Gasteiger partial charge >= 0.3 is 158 Å². The molecule has 0 amide bonds. The van der Waals surface area contributed by atoms with Crippen molar-refractivity contribution >= 4 is 88.7 Å². The van der Waals surface area contributed by atoms with E-state index in [9.17, 15) is 0 Å².